The Morgan fingerprint density at radius 1 is 1.17 bits per heavy atom. The Balaban J connectivity index is 1.97. The van der Waals surface area contributed by atoms with Crippen LogP contribution in [0.1, 0.15) is 11.3 Å². The molecule has 4 nitrogen and oxygen atoms in total. The number of nitrogens with two attached hydrogens (primary N) is 1. The van der Waals surface area contributed by atoms with Gasteiger partial charge in [-0.1, -0.05) is 6.07 Å². The maximum Gasteiger partial charge on any atom is 0.0821 e. The van der Waals surface area contributed by atoms with E-state index in [0.29, 0.717) is 6.54 Å². The van der Waals surface area contributed by atoms with Gasteiger partial charge in [0.2, 0.25) is 0 Å². The average molecular weight is 240 g/mol. The molecule has 3 aromatic rings. The van der Waals surface area contributed by atoms with Crippen molar-refractivity contribution >= 4 is 10.9 Å². The van der Waals surface area contributed by atoms with Crippen molar-refractivity contribution in [3.63, 3.8) is 0 Å². The van der Waals surface area contributed by atoms with Gasteiger partial charge in [-0.3, -0.25) is 4.68 Å². The minimum Gasteiger partial charge on any atom is -0.341 e. The molecule has 0 unspecified atom stereocenters. The third-order valence-electron chi connectivity index (χ3n) is 3.17. The average Bonchev–Trinajstić information content (AvgIpc) is 2.96. The molecule has 92 valence electrons. The monoisotopic (exact) mass is 240 g/mol. The van der Waals surface area contributed by atoms with Gasteiger partial charge in [0.1, 0.15) is 0 Å². The predicted molar refractivity (Wildman–Crippen MR) is 72.1 cm³/mol. The summed E-state index contributed by atoms with van der Waals surface area (Å²) in [6.45, 7) is 1.38. The molecule has 0 fully saturated rings. The van der Waals surface area contributed by atoms with Crippen LogP contribution in [0, 0.1) is 0 Å². The summed E-state index contributed by atoms with van der Waals surface area (Å²) in [5.41, 5.74) is 9.11. The summed E-state index contributed by atoms with van der Waals surface area (Å²) in [5, 5.41) is 5.63. The summed E-state index contributed by atoms with van der Waals surface area (Å²) in [4.78, 5) is 0. The second kappa shape index (κ2) is 4.31. The number of aromatic nitrogens is 3. The highest BCUT2D eigenvalue weighted by Crippen LogP contribution is 2.18. The lowest BCUT2D eigenvalue weighted by Crippen LogP contribution is -2.00. The van der Waals surface area contributed by atoms with E-state index in [1.807, 2.05) is 24.0 Å². The molecule has 18 heavy (non-hydrogen) atoms. The van der Waals surface area contributed by atoms with Crippen molar-refractivity contribution in [1.29, 1.82) is 0 Å². The van der Waals surface area contributed by atoms with Gasteiger partial charge < -0.3 is 10.3 Å². The number of rotatable bonds is 3. The van der Waals surface area contributed by atoms with Gasteiger partial charge in [-0.05, 0) is 35.2 Å². The van der Waals surface area contributed by atoms with Crippen molar-refractivity contribution < 1.29 is 0 Å². The summed E-state index contributed by atoms with van der Waals surface area (Å²) in [5.74, 6) is 0. The summed E-state index contributed by atoms with van der Waals surface area (Å²) >= 11 is 0. The molecule has 0 spiro atoms. The molecule has 3 rings (SSSR count). The topological polar surface area (TPSA) is 48.8 Å². The predicted octanol–water partition coefficient (Wildman–Crippen LogP) is 1.88. The smallest absolute Gasteiger partial charge is 0.0821 e. The van der Waals surface area contributed by atoms with E-state index < -0.39 is 0 Å². The number of hydrogen-bond acceptors (Lipinski definition) is 2. The number of benzene rings is 1. The Labute approximate surface area is 106 Å². The molecule has 0 amide bonds. The van der Waals surface area contributed by atoms with Gasteiger partial charge in [0.15, 0.2) is 0 Å². The van der Waals surface area contributed by atoms with Crippen molar-refractivity contribution in [3.05, 3.63) is 54.0 Å². The lowest BCUT2D eigenvalue weighted by Gasteiger charge is -2.04. The number of hydrogen-bond donors (Lipinski definition) is 1. The highest BCUT2D eigenvalue weighted by Gasteiger charge is 2.04. The molecule has 0 saturated heterocycles. The van der Waals surface area contributed by atoms with Crippen LogP contribution in [-0.2, 0) is 20.1 Å². The standard InChI is InChI=1S/C14H16N4/c1-17-6-5-13(16-17)10-18-7-4-12-8-11(9-15)2-3-14(12)18/h2-8H,9-10,15H2,1H3. The number of aryl methyl sites for hydroxylation is 1. The Hall–Kier alpha value is -2.07. The number of nitrogens with zero attached hydrogens (tertiary/aromatic N) is 3. The van der Waals surface area contributed by atoms with Crippen LogP contribution in [0.5, 0.6) is 0 Å². The molecule has 0 bridgehead atoms. The number of fused-ring (bicyclic) bond motifs is 1. The molecule has 2 heterocycles. The normalized spacial score (nSPS) is 11.2. The Morgan fingerprint density at radius 3 is 2.78 bits per heavy atom. The van der Waals surface area contributed by atoms with Crippen LogP contribution in [0.2, 0.25) is 0 Å². The highest BCUT2D eigenvalue weighted by atomic mass is 15.3. The van der Waals surface area contributed by atoms with Gasteiger partial charge in [0.25, 0.3) is 0 Å². The van der Waals surface area contributed by atoms with E-state index >= 15 is 0 Å². The second-order valence-electron chi connectivity index (χ2n) is 4.52. The zero-order valence-corrected chi connectivity index (χ0v) is 10.4. The van der Waals surface area contributed by atoms with Crippen molar-refractivity contribution in [2.45, 2.75) is 13.1 Å². The SMILES string of the molecule is Cn1ccc(Cn2ccc3cc(CN)ccc32)n1. The summed E-state index contributed by atoms with van der Waals surface area (Å²) in [6.07, 6.45) is 4.06. The molecular weight excluding hydrogens is 224 g/mol. The van der Waals surface area contributed by atoms with E-state index in [-0.39, 0.29) is 0 Å². The van der Waals surface area contributed by atoms with Gasteiger partial charge in [-0.2, -0.15) is 5.10 Å². The molecule has 0 radical (unpaired) electrons. The minimum atomic E-state index is 0.585. The van der Waals surface area contributed by atoms with Gasteiger partial charge in [0, 0.05) is 31.5 Å². The lowest BCUT2D eigenvalue weighted by atomic mass is 10.1. The summed E-state index contributed by atoms with van der Waals surface area (Å²) in [7, 11) is 1.94. The van der Waals surface area contributed by atoms with Crippen molar-refractivity contribution in [2.75, 3.05) is 0 Å². The summed E-state index contributed by atoms with van der Waals surface area (Å²) < 4.78 is 4.03. The van der Waals surface area contributed by atoms with E-state index in [9.17, 15) is 0 Å². The van der Waals surface area contributed by atoms with Gasteiger partial charge in [0.05, 0.1) is 12.2 Å². The van der Waals surface area contributed by atoms with Crippen LogP contribution in [0.15, 0.2) is 42.7 Å². The fourth-order valence-electron chi connectivity index (χ4n) is 2.24. The lowest BCUT2D eigenvalue weighted by molar-refractivity contribution is 0.716. The van der Waals surface area contributed by atoms with Gasteiger partial charge in [-0.25, -0.2) is 0 Å². The summed E-state index contributed by atoms with van der Waals surface area (Å²) in [6, 6.07) is 10.5. The first-order chi connectivity index (χ1) is 8.76. The van der Waals surface area contributed by atoms with Crippen LogP contribution in [-0.4, -0.2) is 14.3 Å². The maximum atomic E-state index is 5.65. The first kappa shape index (κ1) is 11.0. The molecular formula is C14H16N4. The Morgan fingerprint density at radius 2 is 2.06 bits per heavy atom. The fourth-order valence-corrected chi connectivity index (χ4v) is 2.24. The maximum absolute atomic E-state index is 5.65. The molecule has 2 aromatic heterocycles. The van der Waals surface area contributed by atoms with E-state index in [0.717, 1.165) is 17.8 Å². The molecule has 0 aliphatic carbocycles. The minimum absolute atomic E-state index is 0.585. The molecule has 0 saturated carbocycles. The zero-order valence-electron chi connectivity index (χ0n) is 10.4. The van der Waals surface area contributed by atoms with Crippen LogP contribution in [0.3, 0.4) is 0 Å². The Bertz CT molecular complexity index is 678. The van der Waals surface area contributed by atoms with E-state index in [1.54, 1.807) is 0 Å². The van der Waals surface area contributed by atoms with Crippen LogP contribution in [0.25, 0.3) is 10.9 Å². The van der Waals surface area contributed by atoms with Gasteiger partial charge >= 0.3 is 0 Å². The van der Waals surface area contributed by atoms with E-state index in [2.05, 4.69) is 40.1 Å². The Kier molecular flexibility index (Phi) is 2.64. The molecule has 0 aliphatic heterocycles. The first-order valence-corrected chi connectivity index (χ1v) is 6.02. The highest BCUT2D eigenvalue weighted by molar-refractivity contribution is 5.80. The van der Waals surface area contributed by atoms with Crippen molar-refractivity contribution in [1.82, 2.24) is 14.3 Å². The molecule has 0 atom stereocenters. The molecule has 2 N–H and O–H groups in total. The van der Waals surface area contributed by atoms with E-state index in [4.69, 9.17) is 5.73 Å². The van der Waals surface area contributed by atoms with Crippen LogP contribution >= 0.6 is 0 Å². The zero-order chi connectivity index (χ0) is 12.5. The van der Waals surface area contributed by atoms with Gasteiger partial charge in [-0.15, -0.1) is 0 Å². The van der Waals surface area contributed by atoms with Crippen LogP contribution < -0.4 is 5.73 Å². The molecule has 4 heteroatoms. The second-order valence-corrected chi connectivity index (χ2v) is 4.52. The fraction of sp³-hybridized carbons (Fsp3) is 0.214. The van der Waals surface area contributed by atoms with Crippen molar-refractivity contribution in [2.24, 2.45) is 12.8 Å². The largest absolute Gasteiger partial charge is 0.341 e. The molecule has 1 aromatic carbocycles. The third-order valence-corrected chi connectivity index (χ3v) is 3.17. The first-order valence-electron chi connectivity index (χ1n) is 6.02. The van der Waals surface area contributed by atoms with Crippen molar-refractivity contribution in [3.8, 4) is 0 Å². The molecule has 0 aliphatic rings. The van der Waals surface area contributed by atoms with E-state index in [1.165, 1.54) is 10.9 Å². The van der Waals surface area contributed by atoms with Crippen LogP contribution in [0.4, 0.5) is 0 Å². The third kappa shape index (κ3) is 1.91. The quantitative estimate of drug-likeness (QED) is 0.760.